The second-order valence-electron chi connectivity index (χ2n) is 6.27. The number of piperazine rings is 1. The van der Waals surface area contributed by atoms with Gasteiger partial charge in [-0.15, -0.1) is 0 Å². The van der Waals surface area contributed by atoms with Crippen molar-refractivity contribution in [3.63, 3.8) is 0 Å². The topological polar surface area (TPSA) is 27.7 Å². The molecule has 2 saturated heterocycles. The van der Waals surface area contributed by atoms with Gasteiger partial charge in [0, 0.05) is 38.9 Å². The van der Waals surface area contributed by atoms with E-state index in [-0.39, 0.29) is 0 Å². The van der Waals surface area contributed by atoms with Gasteiger partial charge in [0.05, 0.1) is 0 Å². The minimum atomic E-state index is 0.722. The molecule has 2 rings (SSSR count). The van der Waals surface area contributed by atoms with Crippen LogP contribution in [0.15, 0.2) is 0 Å². The Kier molecular flexibility index (Phi) is 6.57. The monoisotopic (exact) mass is 269 g/mol. The molecule has 1 unspecified atom stereocenters. The van der Waals surface area contributed by atoms with Crippen LogP contribution in [0.5, 0.6) is 0 Å². The molecule has 1 atom stereocenters. The first-order valence-electron chi connectivity index (χ1n) is 7.93. The fraction of sp³-hybridized carbons (Fsp3) is 1.00. The summed E-state index contributed by atoms with van der Waals surface area (Å²) in [6.45, 7) is 7.92. The van der Waals surface area contributed by atoms with Gasteiger partial charge in [0.15, 0.2) is 0 Å². The molecule has 19 heavy (non-hydrogen) atoms. The van der Waals surface area contributed by atoms with Crippen LogP contribution in [0.25, 0.3) is 0 Å². The molecule has 112 valence electrons. The fourth-order valence-electron chi connectivity index (χ4n) is 3.10. The first-order chi connectivity index (χ1) is 9.25. The molecule has 0 aromatic rings. The molecule has 2 aliphatic heterocycles. The van der Waals surface area contributed by atoms with Gasteiger partial charge in [-0.2, -0.15) is 0 Å². The average molecular weight is 269 g/mol. The number of rotatable bonds is 6. The number of hydrogen-bond donors (Lipinski definition) is 1. The molecule has 0 radical (unpaired) electrons. The highest BCUT2D eigenvalue weighted by molar-refractivity contribution is 4.78. The van der Waals surface area contributed by atoms with Gasteiger partial charge in [-0.05, 0) is 58.8 Å². The predicted molar refractivity (Wildman–Crippen MR) is 79.6 cm³/mol. The van der Waals surface area contributed by atoms with Crippen molar-refractivity contribution in [2.45, 2.75) is 31.7 Å². The standard InChI is InChI=1S/C15H31N3O/c1-17(8-3-14-5-11-19-12-6-14)9-4-15-13-16-7-10-18(15)2/h14-16H,3-13H2,1-2H3. The summed E-state index contributed by atoms with van der Waals surface area (Å²) in [5.74, 6) is 0.898. The van der Waals surface area contributed by atoms with E-state index in [2.05, 4.69) is 29.2 Å². The predicted octanol–water partition coefficient (Wildman–Crippen LogP) is 1.03. The summed E-state index contributed by atoms with van der Waals surface area (Å²) in [5.41, 5.74) is 0. The second kappa shape index (κ2) is 8.20. The van der Waals surface area contributed by atoms with Crippen LogP contribution in [0.4, 0.5) is 0 Å². The van der Waals surface area contributed by atoms with E-state index in [1.54, 1.807) is 0 Å². The molecule has 4 heteroatoms. The molecular weight excluding hydrogens is 238 g/mol. The van der Waals surface area contributed by atoms with E-state index in [0.717, 1.165) is 38.3 Å². The number of likely N-dealkylation sites (N-methyl/N-ethyl adjacent to an activating group) is 1. The Morgan fingerprint density at radius 3 is 2.68 bits per heavy atom. The zero-order chi connectivity index (χ0) is 13.5. The second-order valence-corrected chi connectivity index (χ2v) is 6.27. The molecule has 4 nitrogen and oxygen atoms in total. The Labute approximate surface area is 118 Å². The van der Waals surface area contributed by atoms with E-state index in [4.69, 9.17) is 4.74 Å². The normalized spacial score (nSPS) is 27.0. The van der Waals surface area contributed by atoms with Crippen molar-refractivity contribution in [1.82, 2.24) is 15.1 Å². The van der Waals surface area contributed by atoms with Crippen molar-refractivity contribution in [3.05, 3.63) is 0 Å². The Morgan fingerprint density at radius 1 is 1.21 bits per heavy atom. The number of nitrogens with one attached hydrogen (secondary N) is 1. The van der Waals surface area contributed by atoms with Crippen molar-refractivity contribution in [2.24, 2.45) is 5.92 Å². The fourth-order valence-corrected chi connectivity index (χ4v) is 3.10. The minimum absolute atomic E-state index is 0.722. The van der Waals surface area contributed by atoms with Crippen molar-refractivity contribution in [3.8, 4) is 0 Å². The molecule has 2 heterocycles. The van der Waals surface area contributed by atoms with Crippen LogP contribution in [-0.4, -0.2) is 75.9 Å². The van der Waals surface area contributed by atoms with E-state index in [0.29, 0.717) is 0 Å². The molecule has 0 aromatic carbocycles. The van der Waals surface area contributed by atoms with E-state index in [9.17, 15) is 0 Å². The third-order valence-corrected chi connectivity index (χ3v) is 4.75. The zero-order valence-corrected chi connectivity index (χ0v) is 12.7. The SMILES string of the molecule is CN(CCC1CCOCC1)CCC1CNCCN1C. The third-order valence-electron chi connectivity index (χ3n) is 4.75. The summed E-state index contributed by atoms with van der Waals surface area (Å²) >= 11 is 0. The molecule has 0 aliphatic carbocycles. The van der Waals surface area contributed by atoms with Gasteiger partial charge in [-0.25, -0.2) is 0 Å². The van der Waals surface area contributed by atoms with Crippen LogP contribution < -0.4 is 5.32 Å². The van der Waals surface area contributed by atoms with Crippen LogP contribution in [0, 0.1) is 5.92 Å². The Balaban J connectivity index is 1.57. The summed E-state index contributed by atoms with van der Waals surface area (Å²) in [6.07, 6.45) is 5.17. The highest BCUT2D eigenvalue weighted by Crippen LogP contribution is 2.18. The number of hydrogen-bond acceptors (Lipinski definition) is 4. The number of nitrogens with zero attached hydrogens (tertiary/aromatic N) is 2. The van der Waals surface area contributed by atoms with E-state index in [1.165, 1.54) is 45.3 Å². The van der Waals surface area contributed by atoms with Crippen molar-refractivity contribution < 1.29 is 4.74 Å². The quantitative estimate of drug-likeness (QED) is 0.779. The van der Waals surface area contributed by atoms with E-state index in [1.807, 2.05) is 0 Å². The average Bonchev–Trinajstić information content (AvgIpc) is 2.45. The zero-order valence-electron chi connectivity index (χ0n) is 12.7. The first-order valence-corrected chi connectivity index (χ1v) is 7.93. The summed E-state index contributed by atoms with van der Waals surface area (Å²) in [6, 6.07) is 0.722. The molecule has 0 amide bonds. The lowest BCUT2D eigenvalue weighted by Crippen LogP contribution is -2.50. The van der Waals surface area contributed by atoms with Gasteiger partial charge in [0.2, 0.25) is 0 Å². The van der Waals surface area contributed by atoms with E-state index < -0.39 is 0 Å². The lowest BCUT2D eigenvalue weighted by Gasteiger charge is -2.34. The van der Waals surface area contributed by atoms with Gasteiger partial charge in [0.1, 0.15) is 0 Å². The van der Waals surface area contributed by atoms with Crippen LogP contribution in [0.3, 0.4) is 0 Å². The maximum atomic E-state index is 5.42. The van der Waals surface area contributed by atoms with Gasteiger partial charge in [-0.3, -0.25) is 0 Å². The molecule has 2 aliphatic rings. The first kappa shape index (κ1) is 15.2. The smallest absolute Gasteiger partial charge is 0.0468 e. The minimum Gasteiger partial charge on any atom is -0.381 e. The summed E-state index contributed by atoms with van der Waals surface area (Å²) in [7, 11) is 4.53. The Hall–Kier alpha value is -0.160. The van der Waals surface area contributed by atoms with Crippen molar-refractivity contribution >= 4 is 0 Å². The van der Waals surface area contributed by atoms with Crippen LogP contribution in [0.2, 0.25) is 0 Å². The van der Waals surface area contributed by atoms with Gasteiger partial charge < -0.3 is 19.9 Å². The summed E-state index contributed by atoms with van der Waals surface area (Å²) in [5, 5.41) is 3.50. The Morgan fingerprint density at radius 2 is 1.95 bits per heavy atom. The van der Waals surface area contributed by atoms with E-state index >= 15 is 0 Å². The molecule has 0 saturated carbocycles. The van der Waals surface area contributed by atoms with Crippen molar-refractivity contribution in [1.29, 1.82) is 0 Å². The third kappa shape index (κ3) is 5.38. The van der Waals surface area contributed by atoms with Gasteiger partial charge in [0.25, 0.3) is 0 Å². The maximum absolute atomic E-state index is 5.42. The van der Waals surface area contributed by atoms with Crippen LogP contribution in [0.1, 0.15) is 25.7 Å². The highest BCUT2D eigenvalue weighted by Gasteiger charge is 2.19. The molecule has 0 spiro atoms. The molecule has 1 N–H and O–H groups in total. The van der Waals surface area contributed by atoms with Crippen molar-refractivity contribution in [2.75, 3.05) is 60.0 Å². The maximum Gasteiger partial charge on any atom is 0.0468 e. The highest BCUT2D eigenvalue weighted by atomic mass is 16.5. The van der Waals surface area contributed by atoms with Crippen LogP contribution >= 0.6 is 0 Å². The van der Waals surface area contributed by atoms with Gasteiger partial charge in [-0.1, -0.05) is 0 Å². The summed E-state index contributed by atoms with van der Waals surface area (Å²) < 4.78 is 5.42. The molecule has 2 fully saturated rings. The number of ether oxygens (including phenoxy) is 1. The van der Waals surface area contributed by atoms with Crippen LogP contribution in [-0.2, 0) is 4.74 Å². The summed E-state index contributed by atoms with van der Waals surface area (Å²) in [4.78, 5) is 5.01. The molecular formula is C15H31N3O. The van der Waals surface area contributed by atoms with Gasteiger partial charge >= 0.3 is 0 Å². The molecule has 0 bridgehead atoms. The molecule has 0 aromatic heterocycles. The Bertz CT molecular complexity index is 244. The lowest BCUT2D eigenvalue weighted by atomic mass is 9.96. The largest absolute Gasteiger partial charge is 0.381 e. The lowest BCUT2D eigenvalue weighted by molar-refractivity contribution is 0.0606.